The summed E-state index contributed by atoms with van der Waals surface area (Å²) in [4.78, 5) is 91.6. The summed E-state index contributed by atoms with van der Waals surface area (Å²) >= 11 is 0. The molecule has 0 aliphatic rings. The van der Waals surface area contributed by atoms with E-state index in [2.05, 4.69) is 0 Å². The molecule has 0 unspecified atom stereocenters. The van der Waals surface area contributed by atoms with Crippen molar-refractivity contribution in [3.63, 3.8) is 0 Å². The van der Waals surface area contributed by atoms with E-state index in [-0.39, 0.29) is 68.6 Å². The molecule has 1 radical (unpaired) electrons. The van der Waals surface area contributed by atoms with Gasteiger partial charge >= 0.3 is 0 Å². The molecule has 0 N–H and O–H groups in total. The molecule has 0 saturated heterocycles. The summed E-state index contributed by atoms with van der Waals surface area (Å²) in [6.45, 7) is 43.4. The third-order valence-corrected chi connectivity index (χ3v) is 6.96. The van der Waals surface area contributed by atoms with E-state index in [1.165, 1.54) is 25.7 Å². The molecule has 0 aliphatic heterocycles. The fraction of sp³-hybridized carbons (Fsp3) is 0.727. The molecule has 0 amide bonds. The smallest absolute Gasteiger partial charge is 0.0107 e. The third kappa shape index (κ3) is 29.6. The summed E-state index contributed by atoms with van der Waals surface area (Å²) in [5, 5.41) is 0. The fourth-order valence-electron chi connectivity index (χ4n) is 2.21. The Kier molecular flexibility index (Phi) is 24.4. The van der Waals surface area contributed by atoms with Crippen LogP contribution in [0.2, 0.25) is 0 Å². The van der Waals surface area contributed by atoms with Gasteiger partial charge in [0.2, 0.25) is 0 Å². The summed E-state index contributed by atoms with van der Waals surface area (Å²) in [6, 6.07) is 0. The second-order valence-corrected chi connectivity index (χ2v) is 21.5. The Hall–Kier alpha value is -2.42. The minimum Gasteiger partial charge on any atom is -0.333 e. The molecule has 0 heterocycles. The predicted octanol–water partition coefficient (Wildman–Crippen LogP) is 9.68. The summed E-state index contributed by atoms with van der Waals surface area (Å²) in [5.74, 6) is -0.834. The molecule has 0 atom stereocenters. The molecule has 0 fully saturated rings. The van der Waals surface area contributed by atoms with Crippen molar-refractivity contribution in [2.24, 2.45) is 43.3 Å². The third-order valence-electron chi connectivity index (χ3n) is 6.96. The van der Waals surface area contributed by atoms with Crippen molar-refractivity contribution >= 4 is 46.3 Å². The normalized spacial score (nSPS) is 12.2. The molecule has 0 bridgehead atoms. The number of Topliss-reactive ketones (excluding diaryl/α,β-unsaturated/α-hetero) is 8. The Morgan fingerprint density at radius 3 is 0.302 bits per heavy atom. The van der Waals surface area contributed by atoms with Gasteiger partial charge in [0, 0.05) is 68.6 Å². The van der Waals surface area contributed by atoms with Gasteiger partial charge in [-0.05, 0) is 43.3 Å². The van der Waals surface area contributed by atoms with Gasteiger partial charge < -0.3 is 38.4 Å². The van der Waals surface area contributed by atoms with Gasteiger partial charge in [0.05, 0.1) is 0 Å². The zero-order chi connectivity index (χ0) is 43.4. The van der Waals surface area contributed by atoms with Crippen LogP contribution in [-0.4, -0.2) is 46.3 Å². The summed E-state index contributed by atoms with van der Waals surface area (Å²) in [5.41, 5.74) is -3.66. The standard InChI is InChI=1S/4C11H19O2.Nb/c4*1-10(2,3)8(12)7-9(13)11(4,5)6;/h4*7H,1-6H3;/q4*-1;. The summed E-state index contributed by atoms with van der Waals surface area (Å²) in [6.07, 6.45) is 4.89. The van der Waals surface area contributed by atoms with Crippen molar-refractivity contribution in [2.75, 3.05) is 0 Å². The Balaban J connectivity index is -0.000000192. The van der Waals surface area contributed by atoms with Crippen molar-refractivity contribution in [3.8, 4) is 0 Å². The van der Waals surface area contributed by atoms with Crippen LogP contribution in [0.1, 0.15) is 166 Å². The Morgan fingerprint density at radius 2 is 0.264 bits per heavy atom. The van der Waals surface area contributed by atoms with E-state index < -0.39 is 43.3 Å². The first-order chi connectivity index (χ1) is 22.2. The number of rotatable bonds is 8. The summed E-state index contributed by atoms with van der Waals surface area (Å²) in [7, 11) is 0. The molecule has 0 aromatic heterocycles. The van der Waals surface area contributed by atoms with E-state index in [1.54, 1.807) is 0 Å². The van der Waals surface area contributed by atoms with Crippen LogP contribution in [0.4, 0.5) is 0 Å². The maximum Gasteiger partial charge on any atom is 0.0107 e. The van der Waals surface area contributed by atoms with Crippen LogP contribution in [0.25, 0.3) is 0 Å². The molecule has 0 aliphatic carbocycles. The molecular weight excluding hydrogens is 749 g/mol. The maximum atomic E-state index is 11.4. The van der Waals surface area contributed by atoms with Crippen molar-refractivity contribution in [1.82, 2.24) is 0 Å². The number of hydrogen-bond donors (Lipinski definition) is 0. The second-order valence-electron chi connectivity index (χ2n) is 21.5. The van der Waals surface area contributed by atoms with E-state index in [1.807, 2.05) is 166 Å². The van der Waals surface area contributed by atoms with Crippen LogP contribution in [0.15, 0.2) is 0 Å². The molecule has 309 valence electrons. The Labute approximate surface area is 340 Å². The van der Waals surface area contributed by atoms with Gasteiger partial charge in [0.15, 0.2) is 0 Å². The predicted molar refractivity (Wildman–Crippen MR) is 213 cm³/mol. The van der Waals surface area contributed by atoms with Gasteiger partial charge in [-0.15, -0.1) is 0 Å². The first kappa shape index (κ1) is 59.8. The first-order valence-corrected chi connectivity index (χ1v) is 17.9. The van der Waals surface area contributed by atoms with Gasteiger partial charge in [-0.1, -0.05) is 166 Å². The van der Waals surface area contributed by atoms with Gasteiger partial charge in [0.1, 0.15) is 0 Å². The summed E-state index contributed by atoms with van der Waals surface area (Å²) < 4.78 is 0. The minimum atomic E-state index is -0.457. The van der Waals surface area contributed by atoms with Gasteiger partial charge in [-0.3, -0.25) is 25.7 Å². The van der Waals surface area contributed by atoms with Crippen LogP contribution < -0.4 is 0 Å². The van der Waals surface area contributed by atoms with Crippen LogP contribution >= 0.6 is 0 Å². The molecule has 0 saturated carbocycles. The molecule has 0 spiro atoms. The number of ketones is 8. The van der Waals surface area contributed by atoms with Crippen LogP contribution in [0.3, 0.4) is 0 Å². The zero-order valence-corrected chi connectivity index (χ0v) is 40.2. The SMILES string of the molecule is CC(C)(C)C(=O)[CH-]C(=O)C(C)(C)C.CC(C)(C)C(=O)[CH-]C(=O)C(C)(C)C.CC(C)(C)C(=O)[CH-]C(=O)C(C)(C)C.CC(C)(C)C(=O)[CH-]C(=O)C(C)(C)C.[Nb]. The number of hydrogen-bond acceptors (Lipinski definition) is 8. The quantitative estimate of drug-likeness (QED) is 0.134. The average Bonchev–Trinajstić information content (AvgIpc) is 2.85. The molecule has 53 heavy (non-hydrogen) atoms. The van der Waals surface area contributed by atoms with E-state index >= 15 is 0 Å². The number of carbonyl (C=O) groups excluding carboxylic acids is 8. The van der Waals surface area contributed by atoms with E-state index in [0.717, 1.165) is 0 Å². The Bertz CT molecular complexity index is 964. The Morgan fingerprint density at radius 1 is 0.208 bits per heavy atom. The van der Waals surface area contributed by atoms with Gasteiger partial charge in [0.25, 0.3) is 0 Å². The van der Waals surface area contributed by atoms with Crippen molar-refractivity contribution < 1.29 is 60.7 Å². The van der Waals surface area contributed by atoms with Crippen molar-refractivity contribution in [3.05, 3.63) is 25.7 Å². The van der Waals surface area contributed by atoms with Crippen molar-refractivity contribution in [1.29, 1.82) is 0 Å². The molecule has 9 heteroatoms. The molecule has 0 rings (SSSR count). The topological polar surface area (TPSA) is 137 Å². The van der Waals surface area contributed by atoms with E-state index in [0.29, 0.717) is 0 Å². The van der Waals surface area contributed by atoms with E-state index in [9.17, 15) is 38.4 Å². The monoisotopic (exact) mass is 825 g/mol. The van der Waals surface area contributed by atoms with Gasteiger partial charge in [-0.25, -0.2) is 0 Å². The van der Waals surface area contributed by atoms with Crippen LogP contribution in [0, 0.1) is 69.0 Å². The molecule has 0 aromatic rings. The van der Waals surface area contributed by atoms with Crippen LogP contribution in [-0.2, 0) is 60.7 Å². The molecule has 8 nitrogen and oxygen atoms in total. The second kappa shape index (κ2) is 21.6. The number of carbonyl (C=O) groups is 8. The minimum absolute atomic E-state index is 0. The zero-order valence-electron chi connectivity index (χ0n) is 38.0. The largest absolute Gasteiger partial charge is 0.333 e. The maximum absolute atomic E-state index is 11.4. The van der Waals surface area contributed by atoms with Gasteiger partial charge in [-0.2, -0.15) is 0 Å². The fourth-order valence-corrected chi connectivity index (χ4v) is 2.21. The van der Waals surface area contributed by atoms with Crippen molar-refractivity contribution in [2.45, 2.75) is 166 Å². The average molecular weight is 826 g/mol. The molecule has 0 aromatic carbocycles. The van der Waals surface area contributed by atoms with E-state index in [4.69, 9.17) is 0 Å². The molecular formula is C44H76NbO8-4. The van der Waals surface area contributed by atoms with Crippen LogP contribution in [0.5, 0.6) is 0 Å². The first-order valence-electron chi connectivity index (χ1n) is 17.9.